The lowest BCUT2D eigenvalue weighted by Crippen LogP contribution is -1.96. The molecular formula is C13H17N. The molecule has 0 saturated heterocycles. The van der Waals surface area contributed by atoms with Crippen LogP contribution in [0.2, 0.25) is 0 Å². The molecule has 0 N–H and O–H groups in total. The Morgan fingerprint density at radius 1 is 1.43 bits per heavy atom. The van der Waals surface area contributed by atoms with Crippen molar-refractivity contribution in [2.24, 2.45) is 4.99 Å². The molecule has 1 unspecified atom stereocenters. The predicted molar refractivity (Wildman–Crippen MR) is 61.0 cm³/mol. The summed E-state index contributed by atoms with van der Waals surface area (Å²) in [6, 6.07) is 9.23. The van der Waals surface area contributed by atoms with Gasteiger partial charge in [0.2, 0.25) is 0 Å². The molecular weight excluding hydrogens is 170 g/mol. The maximum Gasteiger partial charge on any atom is 0.0504 e. The van der Waals surface area contributed by atoms with Gasteiger partial charge >= 0.3 is 0 Å². The van der Waals surface area contributed by atoms with Crippen molar-refractivity contribution in [1.82, 2.24) is 0 Å². The molecule has 0 fully saturated rings. The van der Waals surface area contributed by atoms with Gasteiger partial charge in [-0.05, 0) is 31.7 Å². The Labute approximate surface area is 85.9 Å². The Balaban J connectivity index is 2.24. The number of aryl methyl sites for hydroxylation is 1. The van der Waals surface area contributed by atoms with Gasteiger partial charge in [0.1, 0.15) is 0 Å². The van der Waals surface area contributed by atoms with Crippen LogP contribution in [-0.2, 0) is 0 Å². The van der Waals surface area contributed by atoms with E-state index in [0.29, 0.717) is 6.04 Å². The topological polar surface area (TPSA) is 12.4 Å². The SMILES string of the molecule is CCC1CCC(c2cccc(C)c2)=N1. The van der Waals surface area contributed by atoms with Crippen LogP contribution in [0.5, 0.6) is 0 Å². The van der Waals surface area contributed by atoms with Gasteiger partial charge in [-0.1, -0.05) is 36.8 Å². The van der Waals surface area contributed by atoms with Gasteiger partial charge < -0.3 is 0 Å². The van der Waals surface area contributed by atoms with E-state index < -0.39 is 0 Å². The molecule has 0 saturated carbocycles. The molecule has 0 aromatic heterocycles. The van der Waals surface area contributed by atoms with Crippen LogP contribution < -0.4 is 0 Å². The molecule has 0 amide bonds. The van der Waals surface area contributed by atoms with E-state index in [4.69, 9.17) is 4.99 Å². The van der Waals surface area contributed by atoms with E-state index in [1.54, 1.807) is 0 Å². The van der Waals surface area contributed by atoms with Crippen LogP contribution in [0.25, 0.3) is 0 Å². The first-order chi connectivity index (χ1) is 6.79. The van der Waals surface area contributed by atoms with Gasteiger partial charge in [-0.25, -0.2) is 0 Å². The van der Waals surface area contributed by atoms with Crippen LogP contribution in [-0.4, -0.2) is 11.8 Å². The van der Waals surface area contributed by atoms with Crippen LogP contribution in [0.4, 0.5) is 0 Å². The fraction of sp³-hybridized carbons (Fsp3) is 0.462. The first-order valence-electron chi connectivity index (χ1n) is 5.43. The Morgan fingerprint density at radius 3 is 2.93 bits per heavy atom. The van der Waals surface area contributed by atoms with Crippen molar-refractivity contribution in [1.29, 1.82) is 0 Å². The highest BCUT2D eigenvalue weighted by atomic mass is 14.8. The molecule has 2 rings (SSSR count). The summed E-state index contributed by atoms with van der Waals surface area (Å²) in [6.45, 7) is 4.35. The molecule has 1 aromatic rings. The number of hydrogen-bond donors (Lipinski definition) is 0. The molecule has 74 valence electrons. The molecule has 0 aliphatic carbocycles. The molecule has 1 aliphatic rings. The molecule has 1 nitrogen and oxygen atoms in total. The first kappa shape index (κ1) is 9.45. The van der Waals surface area contributed by atoms with Gasteiger partial charge in [-0.15, -0.1) is 0 Å². The van der Waals surface area contributed by atoms with E-state index in [9.17, 15) is 0 Å². The third-order valence-electron chi connectivity index (χ3n) is 2.88. The van der Waals surface area contributed by atoms with Crippen LogP contribution >= 0.6 is 0 Å². The van der Waals surface area contributed by atoms with Gasteiger partial charge in [0.15, 0.2) is 0 Å². The van der Waals surface area contributed by atoms with E-state index in [-0.39, 0.29) is 0 Å². The average molecular weight is 187 g/mol. The molecule has 0 bridgehead atoms. The number of aliphatic imine (C=N–C) groups is 1. The van der Waals surface area contributed by atoms with Crippen molar-refractivity contribution < 1.29 is 0 Å². The summed E-state index contributed by atoms with van der Waals surface area (Å²) in [5, 5.41) is 0. The highest BCUT2D eigenvalue weighted by Gasteiger charge is 2.16. The maximum absolute atomic E-state index is 4.73. The Hall–Kier alpha value is -1.11. The second-order valence-electron chi connectivity index (χ2n) is 4.05. The lowest BCUT2D eigenvalue weighted by molar-refractivity contribution is 0.649. The Morgan fingerprint density at radius 2 is 2.29 bits per heavy atom. The minimum Gasteiger partial charge on any atom is -0.286 e. The summed E-state index contributed by atoms with van der Waals surface area (Å²) in [5.74, 6) is 0. The number of nitrogens with zero attached hydrogens (tertiary/aromatic N) is 1. The van der Waals surface area contributed by atoms with Crippen molar-refractivity contribution in [2.75, 3.05) is 0 Å². The summed E-state index contributed by atoms with van der Waals surface area (Å²) >= 11 is 0. The summed E-state index contributed by atoms with van der Waals surface area (Å²) < 4.78 is 0. The zero-order valence-corrected chi connectivity index (χ0v) is 8.96. The summed E-state index contributed by atoms with van der Waals surface area (Å²) in [6.07, 6.45) is 3.57. The summed E-state index contributed by atoms with van der Waals surface area (Å²) in [4.78, 5) is 4.73. The van der Waals surface area contributed by atoms with Crippen LogP contribution in [0.3, 0.4) is 0 Å². The first-order valence-corrected chi connectivity index (χ1v) is 5.43. The van der Waals surface area contributed by atoms with Crippen LogP contribution in [0.1, 0.15) is 37.3 Å². The number of hydrogen-bond acceptors (Lipinski definition) is 1. The van der Waals surface area contributed by atoms with E-state index in [1.807, 2.05) is 0 Å². The van der Waals surface area contributed by atoms with Crippen LogP contribution in [0, 0.1) is 6.92 Å². The molecule has 1 heterocycles. The predicted octanol–water partition coefficient (Wildman–Crippen LogP) is 3.36. The Kier molecular flexibility index (Phi) is 2.67. The summed E-state index contributed by atoms with van der Waals surface area (Å²) in [5.41, 5.74) is 3.95. The van der Waals surface area contributed by atoms with E-state index in [2.05, 4.69) is 38.1 Å². The largest absolute Gasteiger partial charge is 0.286 e. The lowest BCUT2D eigenvalue weighted by Gasteiger charge is -2.01. The van der Waals surface area contributed by atoms with E-state index >= 15 is 0 Å². The summed E-state index contributed by atoms with van der Waals surface area (Å²) in [7, 11) is 0. The highest BCUT2D eigenvalue weighted by Crippen LogP contribution is 2.20. The quantitative estimate of drug-likeness (QED) is 0.673. The molecule has 14 heavy (non-hydrogen) atoms. The molecule has 1 heteroatoms. The second kappa shape index (κ2) is 3.95. The lowest BCUT2D eigenvalue weighted by atomic mass is 10.0. The van der Waals surface area contributed by atoms with Crippen molar-refractivity contribution in [3.05, 3.63) is 35.4 Å². The zero-order chi connectivity index (χ0) is 9.97. The zero-order valence-electron chi connectivity index (χ0n) is 8.96. The molecule has 1 atom stereocenters. The fourth-order valence-electron chi connectivity index (χ4n) is 1.99. The van der Waals surface area contributed by atoms with Gasteiger partial charge in [0.25, 0.3) is 0 Å². The van der Waals surface area contributed by atoms with Crippen molar-refractivity contribution in [3.63, 3.8) is 0 Å². The molecule has 1 aliphatic heterocycles. The normalized spacial score (nSPS) is 21.0. The second-order valence-corrected chi connectivity index (χ2v) is 4.05. The van der Waals surface area contributed by atoms with Crippen molar-refractivity contribution >= 4 is 5.71 Å². The smallest absolute Gasteiger partial charge is 0.0504 e. The minimum absolute atomic E-state index is 0.575. The average Bonchev–Trinajstić information content (AvgIpc) is 2.66. The minimum atomic E-state index is 0.575. The third kappa shape index (κ3) is 1.87. The molecule has 0 radical (unpaired) electrons. The molecule has 1 aromatic carbocycles. The van der Waals surface area contributed by atoms with E-state index in [1.165, 1.54) is 29.7 Å². The third-order valence-corrected chi connectivity index (χ3v) is 2.88. The Bertz CT molecular complexity index is 352. The van der Waals surface area contributed by atoms with Gasteiger partial charge in [-0.3, -0.25) is 4.99 Å². The van der Waals surface area contributed by atoms with Gasteiger partial charge in [0, 0.05) is 5.71 Å². The van der Waals surface area contributed by atoms with Crippen LogP contribution in [0.15, 0.2) is 29.3 Å². The molecule has 0 spiro atoms. The maximum atomic E-state index is 4.73. The number of benzene rings is 1. The van der Waals surface area contributed by atoms with Gasteiger partial charge in [0.05, 0.1) is 6.04 Å². The van der Waals surface area contributed by atoms with Crippen molar-refractivity contribution in [2.45, 2.75) is 39.2 Å². The highest BCUT2D eigenvalue weighted by molar-refractivity contribution is 6.01. The van der Waals surface area contributed by atoms with E-state index in [0.717, 1.165) is 6.42 Å². The van der Waals surface area contributed by atoms with Gasteiger partial charge in [-0.2, -0.15) is 0 Å². The standard InChI is InChI=1S/C13H17N/c1-3-12-7-8-13(14-12)11-6-4-5-10(2)9-11/h4-6,9,12H,3,7-8H2,1-2H3. The monoisotopic (exact) mass is 187 g/mol. The fourth-order valence-corrected chi connectivity index (χ4v) is 1.99. The van der Waals surface area contributed by atoms with Crippen molar-refractivity contribution in [3.8, 4) is 0 Å². The number of rotatable bonds is 2.